The van der Waals surface area contributed by atoms with Crippen LogP contribution in [0.15, 0.2) is 5.16 Å². The van der Waals surface area contributed by atoms with E-state index in [0.29, 0.717) is 0 Å². The third-order valence-electron chi connectivity index (χ3n) is 0.857. The molecular formula is C8H14N2O4. The van der Waals surface area contributed by atoms with E-state index in [1.807, 2.05) is 0 Å². The van der Waals surface area contributed by atoms with E-state index >= 15 is 0 Å². The second-order valence-corrected chi connectivity index (χ2v) is 3.50. The Balaban J connectivity index is 3.71. The van der Waals surface area contributed by atoms with E-state index in [0.717, 1.165) is 6.21 Å². The van der Waals surface area contributed by atoms with Crippen molar-refractivity contribution < 1.29 is 19.2 Å². The lowest BCUT2D eigenvalue weighted by Gasteiger charge is -2.18. The van der Waals surface area contributed by atoms with Crippen LogP contribution in [0.4, 0.5) is 0 Å². The number of ether oxygens (including phenoxy) is 1. The molecule has 0 aromatic carbocycles. The lowest BCUT2D eigenvalue weighted by Crippen LogP contribution is -2.26. The molecular weight excluding hydrogens is 188 g/mol. The quantitative estimate of drug-likeness (QED) is 0.389. The van der Waals surface area contributed by atoms with Gasteiger partial charge in [-0.1, -0.05) is 5.16 Å². The maximum atomic E-state index is 11.0. The molecule has 0 heterocycles. The number of carbonyl (C=O) groups excluding carboxylic acids is 2. The number of rotatable bonds is 4. The molecule has 6 heteroatoms. The van der Waals surface area contributed by atoms with Gasteiger partial charge in [0.15, 0.2) is 0 Å². The molecule has 0 bridgehead atoms. The molecule has 0 saturated carbocycles. The molecule has 0 aromatic heterocycles. The van der Waals surface area contributed by atoms with Crippen molar-refractivity contribution in [1.82, 2.24) is 0 Å². The summed E-state index contributed by atoms with van der Waals surface area (Å²) in [6, 6.07) is 0. The molecule has 0 spiro atoms. The molecule has 0 aliphatic carbocycles. The Morgan fingerprint density at radius 2 is 2.00 bits per heavy atom. The van der Waals surface area contributed by atoms with Gasteiger partial charge >= 0.3 is 5.97 Å². The van der Waals surface area contributed by atoms with Crippen molar-refractivity contribution in [1.29, 1.82) is 0 Å². The number of carbonyl (C=O) groups is 2. The summed E-state index contributed by atoms with van der Waals surface area (Å²) in [7, 11) is 0. The number of nitrogens with zero attached hydrogens (tertiary/aromatic N) is 1. The fourth-order valence-corrected chi connectivity index (χ4v) is 0.550. The third kappa shape index (κ3) is 8.51. The summed E-state index contributed by atoms with van der Waals surface area (Å²) < 4.78 is 4.89. The predicted molar refractivity (Wildman–Crippen MR) is 49.5 cm³/mol. The first kappa shape index (κ1) is 12.4. The lowest BCUT2D eigenvalue weighted by atomic mass is 10.2. The van der Waals surface area contributed by atoms with Crippen LogP contribution in [0.25, 0.3) is 0 Å². The van der Waals surface area contributed by atoms with Crippen LogP contribution in [-0.2, 0) is 19.2 Å². The minimum absolute atomic E-state index is 0.346. The number of esters is 1. The zero-order chi connectivity index (χ0) is 11.2. The Bertz CT molecular complexity index is 242. The van der Waals surface area contributed by atoms with Crippen LogP contribution in [-0.4, -0.2) is 30.3 Å². The minimum atomic E-state index is -0.741. The monoisotopic (exact) mass is 202 g/mol. The van der Waals surface area contributed by atoms with E-state index in [2.05, 4.69) is 9.99 Å². The van der Waals surface area contributed by atoms with Crippen molar-refractivity contribution in [3.63, 3.8) is 0 Å². The highest BCUT2D eigenvalue weighted by atomic mass is 16.7. The van der Waals surface area contributed by atoms with Gasteiger partial charge in [0, 0.05) is 0 Å². The Morgan fingerprint density at radius 3 is 2.43 bits per heavy atom. The van der Waals surface area contributed by atoms with Crippen molar-refractivity contribution in [2.24, 2.45) is 10.9 Å². The highest BCUT2D eigenvalue weighted by Gasteiger charge is 2.16. The van der Waals surface area contributed by atoms with E-state index in [1.54, 1.807) is 20.8 Å². The molecule has 0 aliphatic heterocycles. The number of oxime groups is 1. The smallest absolute Gasteiger partial charge is 0.347 e. The number of nitrogens with two attached hydrogens (primary N) is 1. The van der Waals surface area contributed by atoms with Crippen LogP contribution >= 0.6 is 0 Å². The zero-order valence-corrected chi connectivity index (χ0v) is 8.44. The molecule has 0 fully saturated rings. The van der Waals surface area contributed by atoms with Crippen LogP contribution < -0.4 is 5.73 Å². The molecule has 0 aliphatic rings. The largest absolute Gasteiger partial charge is 0.457 e. The second-order valence-electron chi connectivity index (χ2n) is 3.50. The summed E-state index contributed by atoms with van der Waals surface area (Å²) in [4.78, 5) is 25.6. The molecule has 0 saturated heterocycles. The molecule has 6 nitrogen and oxygen atoms in total. The van der Waals surface area contributed by atoms with Gasteiger partial charge in [-0.25, -0.2) is 4.79 Å². The molecule has 0 unspecified atom stereocenters. The molecule has 0 rings (SSSR count). The van der Waals surface area contributed by atoms with Gasteiger partial charge in [-0.15, -0.1) is 0 Å². The van der Waals surface area contributed by atoms with Crippen molar-refractivity contribution in [2.75, 3.05) is 6.61 Å². The fraction of sp³-hybridized carbons (Fsp3) is 0.625. The van der Waals surface area contributed by atoms with Gasteiger partial charge in [0.1, 0.15) is 11.8 Å². The van der Waals surface area contributed by atoms with Gasteiger partial charge < -0.3 is 15.3 Å². The van der Waals surface area contributed by atoms with Gasteiger partial charge in [-0.05, 0) is 20.8 Å². The van der Waals surface area contributed by atoms with Crippen LogP contribution in [0.1, 0.15) is 20.8 Å². The van der Waals surface area contributed by atoms with Crippen LogP contribution in [0, 0.1) is 0 Å². The number of hydrogen-bond donors (Lipinski definition) is 1. The van der Waals surface area contributed by atoms with Crippen LogP contribution in [0.5, 0.6) is 0 Å². The van der Waals surface area contributed by atoms with E-state index in [4.69, 9.17) is 10.5 Å². The molecule has 14 heavy (non-hydrogen) atoms. The van der Waals surface area contributed by atoms with Gasteiger partial charge in [0.05, 0.1) is 0 Å². The van der Waals surface area contributed by atoms with Gasteiger partial charge in [-0.3, -0.25) is 4.79 Å². The molecule has 1 amide bonds. The highest BCUT2D eigenvalue weighted by molar-refractivity contribution is 6.25. The molecule has 2 N–H and O–H groups in total. The van der Waals surface area contributed by atoms with Gasteiger partial charge in [0.25, 0.3) is 5.91 Å². The SMILES string of the molecule is CC(C)(C)OC(=O)CON=CC(N)=O. The summed E-state index contributed by atoms with van der Waals surface area (Å²) in [5.74, 6) is -1.30. The topological polar surface area (TPSA) is 91.0 Å². The van der Waals surface area contributed by atoms with Crippen molar-refractivity contribution in [3.05, 3.63) is 0 Å². The Hall–Kier alpha value is -1.59. The normalized spacial score (nSPS) is 11.4. The Labute approximate surface area is 82.0 Å². The predicted octanol–water partition coefficient (Wildman–Crippen LogP) is -0.184. The standard InChI is InChI=1S/C8H14N2O4/c1-8(2,3)14-7(12)5-13-10-4-6(9)11/h4H,5H2,1-3H3,(H2,9,11). The van der Waals surface area contributed by atoms with Crippen molar-refractivity contribution in [2.45, 2.75) is 26.4 Å². The maximum Gasteiger partial charge on any atom is 0.347 e. The van der Waals surface area contributed by atoms with Crippen LogP contribution in [0.2, 0.25) is 0 Å². The maximum absolute atomic E-state index is 11.0. The van der Waals surface area contributed by atoms with E-state index in [1.165, 1.54) is 0 Å². The lowest BCUT2D eigenvalue weighted by molar-refractivity contribution is -0.160. The first-order chi connectivity index (χ1) is 6.31. The third-order valence-corrected chi connectivity index (χ3v) is 0.857. The van der Waals surface area contributed by atoms with E-state index in [9.17, 15) is 9.59 Å². The summed E-state index contributed by atoms with van der Waals surface area (Å²) in [6.07, 6.45) is 0.768. The first-order valence-electron chi connectivity index (χ1n) is 3.98. The molecule has 0 atom stereocenters. The number of primary amides is 1. The number of hydrogen-bond acceptors (Lipinski definition) is 5. The summed E-state index contributed by atoms with van der Waals surface area (Å²) in [5.41, 5.74) is 4.17. The van der Waals surface area contributed by atoms with Crippen LogP contribution in [0.3, 0.4) is 0 Å². The number of amides is 1. The van der Waals surface area contributed by atoms with E-state index < -0.39 is 17.5 Å². The highest BCUT2D eigenvalue weighted by Crippen LogP contribution is 2.06. The summed E-state index contributed by atoms with van der Waals surface area (Å²) in [5, 5.41) is 3.14. The molecule has 80 valence electrons. The first-order valence-corrected chi connectivity index (χ1v) is 3.98. The summed E-state index contributed by atoms with van der Waals surface area (Å²) in [6.45, 7) is 4.85. The Kier molecular flexibility index (Phi) is 4.62. The van der Waals surface area contributed by atoms with Crippen molar-refractivity contribution >= 4 is 18.1 Å². The van der Waals surface area contributed by atoms with Gasteiger partial charge in [-0.2, -0.15) is 0 Å². The summed E-state index contributed by atoms with van der Waals surface area (Å²) >= 11 is 0. The molecule has 0 radical (unpaired) electrons. The average molecular weight is 202 g/mol. The fourth-order valence-electron chi connectivity index (χ4n) is 0.550. The molecule has 0 aromatic rings. The van der Waals surface area contributed by atoms with Crippen molar-refractivity contribution in [3.8, 4) is 0 Å². The second kappa shape index (κ2) is 5.21. The van der Waals surface area contributed by atoms with E-state index in [-0.39, 0.29) is 6.61 Å². The average Bonchev–Trinajstić information content (AvgIpc) is 1.94. The zero-order valence-electron chi connectivity index (χ0n) is 8.44. The Morgan fingerprint density at radius 1 is 1.43 bits per heavy atom. The minimum Gasteiger partial charge on any atom is -0.457 e. The van der Waals surface area contributed by atoms with Gasteiger partial charge in [0.2, 0.25) is 6.61 Å².